The first-order chi connectivity index (χ1) is 17.9. The highest BCUT2D eigenvalue weighted by molar-refractivity contribution is 7.99. The van der Waals surface area contributed by atoms with Crippen LogP contribution < -0.4 is 9.47 Å². The molecule has 0 saturated heterocycles. The minimum Gasteiger partial charge on any atom is -0.492 e. The van der Waals surface area contributed by atoms with Crippen LogP contribution in [0.15, 0.2) is 48.5 Å². The highest BCUT2D eigenvalue weighted by Crippen LogP contribution is 2.42. The van der Waals surface area contributed by atoms with Crippen LogP contribution in [0, 0.1) is 0 Å². The van der Waals surface area contributed by atoms with Crippen molar-refractivity contribution in [2.45, 2.75) is 78.1 Å². The first-order valence-corrected chi connectivity index (χ1v) is 16.5. The Hall–Kier alpha value is -1.52. The maximum Gasteiger partial charge on any atom is 0.135 e. The summed E-state index contributed by atoms with van der Waals surface area (Å²) in [7, 11) is 0. The molecule has 3 aromatic carbocycles. The number of fused-ring (bicyclic) bond motifs is 2. The molecule has 36 heavy (non-hydrogen) atoms. The number of ether oxygens (including phenoxy) is 2. The Balaban J connectivity index is 1.58. The Morgan fingerprint density at radius 1 is 0.472 bits per heavy atom. The lowest BCUT2D eigenvalue weighted by Crippen LogP contribution is -2.03. The summed E-state index contributed by atoms with van der Waals surface area (Å²) in [4.78, 5) is 0. The van der Waals surface area contributed by atoms with Crippen molar-refractivity contribution >= 4 is 45.1 Å². The molecule has 0 fully saturated rings. The van der Waals surface area contributed by atoms with Crippen molar-refractivity contribution in [2.75, 3.05) is 36.2 Å². The van der Waals surface area contributed by atoms with Gasteiger partial charge in [0.1, 0.15) is 11.5 Å². The molecule has 2 nitrogen and oxygen atoms in total. The summed E-state index contributed by atoms with van der Waals surface area (Å²) < 4.78 is 12.9. The Kier molecular flexibility index (Phi) is 14.4. The third kappa shape index (κ3) is 9.41. The fraction of sp³-hybridized carbons (Fsp3) is 0.562. The molecule has 3 aromatic rings. The van der Waals surface area contributed by atoms with Crippen LogP contribution in [-0.4, -0.2) is 36.2 Å². The number of rotatable bonds is 20. The SMILES string of the molecule is CCCCCCSCCCOc1c2ccccc2c(OCCCSCCCCCC)c2ccccc12. The molecule has 0 spiro atoms. The molecular formula is C32H46O2S2. The van der Waals surface area contributed by atoms with Crippen LogP contribution in [0.4, 0.5) is 0 Å². The molecule has 0 aliphatic carbocycles. The van der Waals surface area contributed by atoms with Gasteiger partial charge in [0.05, 0.1) is 13.2 Å². The highest BCUT2D eigenvalue weighted by atomic mass is 32.2. The van der Waals surface area contributed by atoms with E-state index in [1.807, 2.05) is 0 Å². The first-order valence-electron chi connectivity index (χ1n) is 14.2. The maximum absolute atomic E-state index is 6.46. The van der Waals surface area contributed by atoms with Gasteiger partial charge in [-0.05, 0) is 48.7 Å². The van der Waals surface area contributed by atoms with Crippen molar-refractivity contribution < 1.29 is 9.47 Å². The molecule has 0 unspecified atom stereocenters. The summed E-state index contributed by atoms with van der Waals surface area (Å²) in [6, 6.07) is 17.1. The van der Waals surface area contributed by atoms with Crippen LogP contribution in [0.3, 0.4) is 0 Å². The summed E-state index contributed by atoms with van der Waals surface area (Å²) >= 11 is 4.13. The number of benzene rings is 3. The Morgan fingerprint density at radius 2 is 0.833 bits per heavy atom. The molecule has 0 radical (unpaired) electrons. The van der Waals surface area contributed by atoms with Crippen LogP contribution in [0.2, 0.25) is 0 Å². The van der Waals surface area contributed by atoms with Crippen LogP contribution in [0.25, 0.3) is 21.5 Å². The Labute approximate surface area is 228 Å². The van der Waals surface area contributed by atoms with Crippen LogP contribution in [0.5, 0.6) is 11.5 Å². The average Bonchev–Trinajstić information content (AvgIpc) is 2.91. The number of hydrogen-bond donors (Lipinski definition) is 0. The van der Waals surface area contributed by atoms with Crippen LogP contribution in [-0.2, 0) is 0 Å². The van der Waals surface area contributed by atoms with Gasteiger partial charge in [0.25, 0.3) is 0 Å². The molecule has 0 amide bonds. The lowest BCUT2D eigenvalue weighted by molar-refractivity contribution is 0.321. The predicted molar refractivity (Wildman–Crippen MR) is 165 cm³/mol. The molecule has 0 N–H and O–H groups in total. The number of unbranched alkanes of at least 4 members (excludes halogenated alkanes) is 6. The zero-order chi connectivity index (χ0) is 25.3. The van der Waals surface area contributed by atoms with E-state index >= 15 is 0 Å². The van der Waals surface area contributed by atoms with E-state index in [0.29, 0.717) is 0 Å². The van der Waals surface area contributed by atoms with E-state index in [0.717, 1.165) is 59.1 Å². The molecule has 4 heteroatoms. The first kappa shape index (κ1) is 29.0. The van der Waals surface area contributed by atoms with Gasteiger partial charge in [-0.15, -0.1) is 0 Å². The van der Waals surface area contributed by atoms with Crippen molar-refractivity contribution in [3.8, 4) is 11.5 Å². The normalized spacial score (nSPS) is 11.4. The van der Waals surface area contributed by atoms with E-state index in [-0.39, 0.29) is 0 Å². The summed E-state index contributed by atoms with van der Waals surface area (Å²) in [5.41, 5.74) is 0. The van der Waals surface area contributed by atoms with E-state index in [1.54, 1.807) is 0 Å². The Bertz CT molecular complexity index is 867. The van der Waals surface area contributed by atoms with E-state index in [2.05, 4.69) is 85.9 Å². The maximum atomic E-state index is 6.46. The van der Waals surface area contributed by atoms with E-state index in [1.165, 1.54) is 74.4 Å². The number of hydrogen-bond acceptors (Lipinski definition) is 4. The molecule has 0 aromatic heterocycles. The second kappa shape index (κ2) is 17.9. The van der Waals surface area contributed by atoms with Crippen molar-refractivity contribution in [3.63, 3.8) is 0 Å². The quantitative estimate of drug-likeness (QED) is 0.108. The van der Waals surface area contributed by atoms with Crippen molar-refractivity contribution in [2.24, 2.45) is 0 Å². The van der Waals surface area contributed by atoms with Crippen LogP contribution >= 0.6 is 23.5 Å². The average molecular weight is 527 g/mol. The molecule has 0 bridgehead atoms. The van der Waals surface area contributed by atoms with Crippen molar-refractivity contribution in [3.05, 3.63) is 48.5 Å². The summed E-state index contributed by atoms with van der Waals surface area (Å²) in [5, 5.41) is 4.62. The fourth-order valence-electron chi connectivity index (χ4n) is 4.50. The minimum atomic E-state index is 0.756. The predicted octanol–water partition coefficient (Wildman–Crippen LogP) is 10.2. The van der Waals surface area contributed by atoms with Gasteiger partial charge in [-0.25, -0.2) is 0 Å². The third-order valence-electron chi connectivity index (χ3n) is 6.48. The summed E-state index contributed by atoms with van der Waals surface area (Å²) in [6.45, 7) is 6.05. The smallest absolute Gasteiger partial charge is 0.135 e. The van der Waals surface area contributed by atoms with Gasteiger partial charge >= 0.3 is 0 Å². The molecule has 0 saturated carbocycles. The molecule has 0 aliphatic heterocycles. The minimum absolute atomic E-state index is 0.756. The standard InChI is InChI=1S/C32H46O2S2/c1-3-5-7-13-23-35-25-15-21-33-31-27-17-9-11-19-29(27)32(30-20-12-10-18-28(30)31)34-22-16-26-36-24-14-8-6-4-2/h9-12,17-20H,3-8,13-16,21-26H2,1-2H3. The molecule has 0 heterocycles. The van der Waals surface area contributed by atoms with E-state index in [9.17, 15) is 0 Å². The van der Waals surface area contributed by atoms with Gasteiger partial charge < -0.3 is 9.47 Å². The fourth-order valence-corrected chi connectivity index (χ4v) is 6.36. The lowest BCUT2D eigenvalue weighted by Gasteiger charge is -2.18. The molecule has 3 rings (SSSR count). The molecular weight excluding hydrogens is 480 g/mol. The molecule has 198 valence electrons. The zero-order valence-corrected chi connectivity index (χ0v) is 24.2. The third-order valence-corrected chi connectivity index (χ3v) is 8.79. The van der Waals surface area contributed by atoms with Crippen molar-refractivity contribution in [1.82, 2.24) is 0 Å². The molecule has 0 atom stereocenters. The summed E-state index contributed by atoms with van der Waals surface area (Å²) in [6.07, 6.45) is 12.9. The zero-order valence-electron chi connectivity index (χ0n) is 22.6. The van der Waals surface area contributed by atoms with Gasteiger partial charge in [0.2, 0.25) is 0 Å². The molecule has 0 aliphatic rings. The number of thioether (sulfide) groups is 2. The lowest BCUT2D eigenvalue weighted by atomic mass is 10.0. The topological polar surface area (TPSA) is 18.5 Å². The second-order valence-corrected chi connectivity index (χ2v) is 11.9. The van der Waals surface area contributed by atoms with Gasteiger partial charge in [-0.3, -0.25) is 0 Å². The van der Waals surface area contributed by atoms with E-state index in [4.69, 9.17) is 9.47 Å². The van der Waals surface area contributed by atoms with Crippen LogP contribution in [0.1, 0.15) is 78.1 Å². The van der Waals surface area contributed by atoms with Gasteiger partial charge in [0.15, 0.2) is 0 Å². The van der Waals surface area contributed by atoms with Crippen molar-refractivity contribution in [1.29, 1.82) is 0 Å². The Morgan fingerprint density at radius 3 is 1.19 bits per heavy atom. The van der Waals surface area contributed by atoms with Gasteiger partial charge in [-0.1, -0.05) is 101 Å². The second-order valence-electron chi connectivity index (χ2n) is 9.50. The van der Waals surface area contributed by atoms with Gasteiger partial charge in [-0.2, -0.15) is 23.5 Å². The van der Waals surface area contributed by atoms with E-state index < -0.39 is 0 Å². The summed E-state index contributed by atoms with van der Waals surface area (Å²) in [5.74, 6) is 6.89. The largest absolute Gasteiger partial charge is 0.492 e. The highest BCUT2D eigenvalue weighted by Gasteiger charge is 2.15. The monoisotopic (exact) mass is 526 g/mol. The van der Waals surface area contributed by atoms with Gasteiger partial charge in [0, 0.05) is 21.5 Å².